The molecular weight excluding hydrogens is 262 g/mol. The number of pyridine rings is 2. The SMILES string of the molecule is c1ccc(-c2cccc(-c3nc4ccccc4o3)n2)nc1. The largest absolute Gasteiger partial charge is 0.435 e. The Morgan fingerprint density at radius 1 is 0.667 bits per heavy atom. The monoisotopic (exact) mass is 273 g/mol. The summed E-state index contributed by atoms with van der Waals surface area (Å²) in [6.45, 7) is 0. The molecule has 0 saturated carbocycles. The van der Waals surface area contributed by atoms with Gasteiger partial charge in [0.15, 0.2) is 5.58 Å². The highest BCUT2D eigenvalue weighted by molar-refractivity contribution is 5.75. The molecule has 0 N–H and O–H groups in total. The summed E-state index contributed by atoms with van der Waals surface area (Å²) in [6.07, 6.45) is 1.75. The molecule has 4 nitrogen and oxygen atoms in total. The minimum Gasteiger partial charge on any atom is -0.435 e. The molecule has 21 heavy (non-hydrogen) atoms. The summed E-state index contributed by atoms with van der Waals surface area (Å²) in [4.78, 5) is 13.4. The lowest BCUT2D eigenvalue weighted by molar-refractivity contribution is 0.617. The van der Waals surface area contributed by atoms with E-state index in [2.05, 4.69) is 15.0 Å². The summed E-state index contributed by atoms with van der Waals surface area (Å²) in [5.41, 5.74) is 3.93. The van der Waals surface area contributed by atoms with Crippen LogP contribution in [0.5, 0.6) is 0 Å². The van der Waals surface area contributed by atoms with Crippen LogP contribution < -0.4 is 0 Å². The van der Waals surface area contributed by atoms with Gasteiger partial charge in [0.05, 0.1) is 11.4 Å². The van der Waals surface area contributed by atoms with E-state index in [0.29, 0.717) is 11.6 Å². The van der Waals surface area contributed by atoms with Gasteiger partial charge in [0.1, 0.15) is 11.2 Å². The van der Waals surface area contributed by atoms with Crippen LogP contribution in [0.4, 0.5) is 0 Å². The van der Waals surface area contributed by atoms with Gasteiger partial charge in [0, 0.05) is 6.20 Å². The van der Waals surface area contributed by atoms with E-state index in [1.54, 1.807) is 6.20 Å². The van der Waals surface area contributed by atoms with Gasteiger partial charge in [-0.3, -0.25) is 4.98 Å². The second kappa shape index (κ2) is 4.83. The Balaban J connectivity index is 1.82. The molecule has 0 bridgehead atoms. The van der Waals surface area contributed by atoms with E-state index in [1.807, 2.05) is 60.7 Å². The number of aromatic nitrogens is 3. The summed E-state index contributed by atoms with van der Waals surface area (Å²) < 4.78 is 5.75. The van der Waals surface area contributed by atoms with Crippen LogP contribution in [0.2, 0.25) is 0 Å². The van der Waals surface area contributed by atoms with E-state index in [9.17, 15) is 0 Å². The summed E-state index contributed by atoms with van der Waals surface area (Å²) in [6, 6.07) is 19.2. The Kier molecular flexibility index (Phi) is 2.71. The molecule has 0 amide bonds. The van der Waals surface area contributed by atoms with Crippen molar-refractivity contribution < 1.29 is 4.42 Å². The number of oxazole rings is 1. The van der Waals surface area contributed by atoms with Crippen LogP contribution in [0.25, 0.3) is 34.1 Å². The zero-order chi connectivity index (χ0) is 14.1. The van der Waals surface area contributed by atoms with E-state index >= 15 is 0 Å². The van der Waals surface area contributed by atoms with Crippen molar-refractivity contribution in [2.24, 2.45) is 0 Å². The van der Waals surface area contributed by atoms with Crippen LogP contribution in [0.15, 0.2) is 71.3 Å². The average molecular weight is 273 g/mol. The van der Waals surface area contributed by atoms with Gasteiger partial charge in [0.2, 0.25) is 5.89 Å². The van der Waals surface area contributed by atoms with Crippen molar-refractivity contribution in [1.82, 2.24) is 15.0 Å². The smallest absolute Gasteiger partial charge is 0.246 e. The lowest BCUT2D eigenvalue weighted by Crippen LogP contribution is -1.89. The van der Waals surface area contributed by atoms with Crippen LogP contribution in [-0.2, 0) is 0 Å². The van der Waals surface area contributed by atoms with Crippen LogP contribution in [0.3, 0.4) is 0 Å². The second-order valence-electron chi connectivity index (χ2n) is 4.61. The predicted molar refractivity (Wildman–Crippen MR) is 80.5 cm³/mol. The highest BCUT2D eigenvalue weighted by Crippen LogP contribution is 2.24. The molecule has 0 aliphatic carbocycles. The Bertz CT molecular complexity index is 867. The van der Waals surface area contributed by atoms with Crippen molar-refractivity contribution in [3.63, 3.8) is 0 Å². The van der Waals surface area contributed by atoms with Crippen molar-refractivity contribution in [2.75, 3.05) is 0 Å². The van der Waals surface area contributed by atoms with Crippen LogP contribution in [-0.4, -0.2) is 15.0 Å². The molecule has 0 atom stereocenters. The molecular formula is C17H11N3O. The van der Waals surface area contributed by atoms with Gasteiger partial charge in [-0.15, -0.1) is 0 Å². The molecule has 0 saturated heterocycles. The van der Waals surface area contributed by atoms with Crippen molar-refractivity contribution in [3.8, 4) is 23.0 Å². The van der Waals surface area contributed by atoms with E-state index in [0.717, 1.165) is 22.5 Å². The molecule has 4 rings (SSSR count). The molecule has 3 heterocycles. The molecule has 4 aromatic rings. The molecule has 0 unspecified atom stereocenters. The van der Waals surface area contributed by atoms with Crippen LogP contribution >= 0.6 is 0 Å². The normalized spacial score (nSPS) is 10.9. The molecule has 0 radical (unpaired) electrons. The van der Waals surface area contributed by atoms with Gasteiger partial charge in [-0.1, -0.05) is 24.3 Å². The fourth-order valence-corrected chi connectivity index (χ4v) is 2.19. The van der Waals surface area contributed by atoms with Crippen molar-refractivity contribution in [2.45, 2.75) is 0 Å². The van der Waals surface area contributed by atoms with Gasteiger partial charge < -0.3 is 4.42 Å². The number of hydrogen-bond acceptors (Lipinski definition) is 4. The van der Waals surface area contributed by atoms with Crippen molar-refractivity contribution in [3.05, 3.63) is 66.9 Å². The molecule has 4 heteroatoms. The number of nitrogens with zero attached hydrogens (tertiary/aromatic N) is 3. The van der Waals surface area contributed by atoms with Crippen molar-refractivity contribution >= 4 is 11.1 Å². The van der Waals surface area contributed by atoms with Gasteiger partial charge >= 0.3 is 0 Å². The second-order valence-corrected chi connectivity index (χ2v) is 4.61. The quantitative estimate of drug-likeness (QED) is 0.555. The van der Waals surface area contributed by atoms with Crippen LogP contribution in [0, 0.1) is 0 Å². The average Bonchev–Trinajstić information content (AvgIpc) is 3.00. The highest BCUT2D eigenvalue weighted by atomic mass is 16.3. The third-order valence-electron chi connectivity index (χ3n) is 3.19. The maximum atomic E-state index is 5.75. The minimum absolute atomic E-state index is 0.522. The zero-order valence-electron chi connectivity index (χ0n) is 11.1. The number of rotatable bonds is 2. The third kappa shape index (κ3) is 2.17. The highest BCUT2D eigenvalue weighted by Gasteiger charge is 2.10. The van der Waals surface area contributed by atoms with Gasteiger partial charge in [0.25, 0.3) is 0 Å². The van der Waals surface area contributed by atoms with Gasteiger partial charge in [-0.25, -0.2) is 9.97 Å². The number of fused-ring (bicyclic) bond motifs is 1. The number of benzene rings is 1. The maximum absolute atomic E-state index is 5.75. The van der Waals surface area contributed by atoms with Crippen molar-refractivity contribution in [1.29, 1.82) is 0 Å². The Morgan fingerprint density at radius 3 is 2.33 bits per heavy atom. The molecule has 0 aliphatic heterocycles. The molecule has 0 fully saturated rings. The first-order chi connectivity index (χ1) is 10.4. The summed E-state index contributed by atoms with van der Waals surface area (Å²) in [5, 5.41) is 0. The first-order valence-corrected chi connectivity index (χ1v) is 6.64. The first kappa shape index (κ1) is 11.8. The molecule has 0 aliphatic rings. The standard InChI is InChI=1S/C17H11N3O/c1-2-10-16-14(7-1)20-17(21-16)15-9-5-8-13(19-15)12-6-3-4-11-18-12/h1-11H. The number of para-hydroxylation sites is 2. The summed E-state index contributed by atoms with van der Waals surface area (Å²) >= 11 is 0. The molecule has 0 spiro atoms. The Hall–Kier alpha value is -3.01. The minimum atomic E-state index is 0.522. The maximum Gasteiger partial charge on any atom is 0.246 e. The van der Waals surface area contributed by atoms with E-state index < -0.39 is 0 Å². The Labute approximate surface area is 121 Å². The van der Waals surface area contributed by atoms with E-state index in [4.69, 9.17) is 4.42 Å². The molecule has 3 aromatic heterocycles. The predicted octanol–water partition coefficient (Wildman–Crippen LogP) is 3.95. The molecule has 1 aromatic carbocycles. The van der Waals surface area contributed by atoms with Gasteiger partial charge in [-0.05, 0) is 36.4 Å². The molecule has 100 valence electrons. The van der Waals surface area contributed by atoms with Crippen LogP contribution in [0.1, 0.15) is 0 Å². The summed E-state index contributed by atoms with van der Waals surface area (Å²) in [5.74, 6) is 0.522. The zero-order valence-corrected chi connectivity index (χ0v) is 11.1. The van der Waals surface area contributed by atoms with E-state index in [-0.39, 0.29) is 0 Å². The fourth-order valence-electron chi connectivity index (χ4n) is 2.19. The third-order valence-corrected chi connectivity index (χ3v) is 3.19. The van der Waals surface area contributed by atoms with E-state index in [1.165, 1.54) is 0 Å². The fraction of sp³-hybridized carbons (Fsp3) is 0. The lowest BCUT2D eigenvalue weighted by atomic mass is 10.2. The number of hydrogen-bond donors (Lipinski definition) is 0. The first-order valence-electron chi connectivity index (χ1n) is 6.64. The topological polar surface area (TPSA) is 51.8 Å². The van der Waals surface area contributed by atoms with Gasteiger partial charge in [-0.2, -0.15) is 0 Å². The Morgan fingerprint density at radius 2 is 1.48 bits per heavy atom. The summed E-state index contributed by atoms with van der Waals surface area (Å²) in [7, 11) is 0. The lowest BCUT2D eigenvalue weighted by Gasteiger charge is -2.01.